The van der Waals surface area contributed by atoms with Gasteiger partial charge in [-0.3, -0.25) is 57.7 Å². The van der Waals surface area contributed by atoms with Gasteiger partial charge in [-0.15, -0.1) is 0 Å². The van der Waals surface area contributed by atoms with Gasteiger partial charge in [0.2, 0.25) is 65.0 Å². The van der Waals surface area contributed by atoms with Gasteiger partial charge in [-0.2, -0.15) is 0 Å². The van der Waals surface area contributed by atoms with Crippen LogP contribution in [-0.2, 0) is 65.6 Å². The molecule has 0 aromatic heterocycles. The molecule has 28 heteroatoms. The van der Waals surface area contributed by atoms with Crippen LogP contribution in [0.1, 0.15) is 76.3 Å². The summed E-state index contributed by atoms with van der Waals surface area (Å²) in [5, 5.41) is 30.7. The second kappa shape index (κ2) is 32.2. The van der Waals surface area contributed by atoms with Crippen LogP contribution in [-0.4, -0.2) is 161 Å². The molecule has 2 heterocycles. The molecule has 2 saturated heterocycles. The number of benzene rings is 2. The molecule has 11 amide bonds. The van der Waals surface area contributed by atoms with Gasteiger partial charge in [0.05, 0.1) is 19.5 Å². The molecule has 0 radical (unpaired) electrons. The van der Waals surface area contributed by atoms with Crippen LogP contribution in [0.3, 0.4) is 0 Å². The lowest BCUT2D eigenvalue weighted by Crippen LogP contribution is -2.61. The first-order valence-corrected chi connectivity index (χ1v) is 28.0. The number of likely N-dealkylation sites (tertiary alicyclic amines) is 1. The maximum atomic E-state index is 14.7. The van der Waals surface area contributed by atoms with E-state index in [0.717, 1.165) is 21.6 Å². The van der Waals surface area contributed by atoms with Crippen molar-refractivity contribution >= 4 is 92.5 Å². The molecule has 0 unspecified atom stereocenters. The predicted octanol–water partition coefficient (Wildman–Crippen LogP) is -3.05. The monoisotopic (exact) mass is 1120 g/mol. The first-order valence-electron chi connectivity index (χ1n) is 25.5. The van der Waals surface area contributed by atoms with Crippen molar-refractivity contribution in [3.8, 4) is 5.75 Å². The topological polar surface area (TPSA) is 424 Å². The molecule has 0 spiro atoms. The van der Waals surface area contributed by atoms with E-state index in [1.807, 2.05) is 13.8 Å². The van der Waals surface area contributed by atoms with Crippen LogP contribution in [0.25, 0.3) is 0 Å². The molecule has 0 bridgehead atoms. The Hall–Kier alpha value is -7.62. The van der Waals surface area contributed by atoms with Crippen molar-refractivity contribution in [1.82, 2.24) is 47.4 Å². The van der Waals surface area contributed by atoms with E-state index in [2.05, 4.69) is 47.5 Å². The summed E-state index contributed by atoms with van der Waals surface area (Å²) >= 11 is 0. The van der Waals surface area contributed by atoms with E-state index < -0.39 is 127 Å². The Balaban J connectivity index is 1.67. The molecule has 4 rings (SSSR count). The summed E-state index contributed by atoms with van der Waals surface area (Å²) in [4.78, 5) is 154. The number of hydrogen-bond acceptors (Lipinski definition) is 15. The molecule has 8 atom stereocenters. The molecule has 2 fully saturated rings. The Bertz CT molecular complexity index is 2470. The smallest absolute Gasteiger partial charge is 0.246 e. The van der Waals surface area contributed by atoms with E-state index in [4.69, 9.17) is 22.9 Å². The van der Waals surface area contributed by atoms with Gasteiger partial charge in [-0.05, 0) is 61.3 Å². The second-order valence-corrected chi connectivity index (χ2v) is 21.5. The number of nitrogens with two attached hydrogens (primary N) is 4. The zero-order valence-electron chi connectivity index (χ0n) is 43.6. The van der Waals surface area contributed by atoms with E-state index in [9.17, 15) is 57.8 Å². The van der Waals surface area contributed by atoms with Crippen molar-refractivity contribution in [2.45, 2.75) is 120 Å². The second-order valence-electron chi connectivity index (χ2n) is 18.9. The molecule has 2 aromatic carbocycles. The lowest BCUT2D eigenvalue weighted by Gasteiger charge is -2.31. The number of carbonyl (C=O) groups excluding carboxylic acids is 11. The van der Waals surface area contributed by atoms with Crippen LogP contribution in [0.4, 0.5) is 0 Å². The molecular formula is C50H72N14O12S2. The summed E-state index contributed by atoms with van der Waals surface area (Å²) in [6, 6.07) is 5.38. The third-order valence-corrected chi connectivity index (χ3v) is 15.0. The number of nitrogens with one attached hydrogen (secondary N) is 8. The van der Waals surface area contributed by atoms with Crippen molar-refractivity contribution in [3.63, 3.8) is 0 Å². The zero-order chi connectivity index (χ0) is 57.3. The fraction of sp³-hybridized carbons (Fsp3) is 0.520. The minimum Gasteiger partial charge on any atom is -0.508 e. The summed E-state index contributed by atoms with van der Waals surface area (Å²) in [7, 11) is 2.24. The first kappa shape index (κ1) is 62.9. The number of rotatable bonds is 21. The summed E-state index contributed by atoms with van der Waals surface area (Å²) in [6.45, 7) is 2.77. The lowest BCUT2D eigenvalue weighted by atomic mass is 9.97. The van der Waals surface area contributed by atoms with Gasteiger partial charge in [-0.1, -0.05) is 84.3 Å². The molecule has 2 aliphatic heterocycles. The number of guanidine groups is 1. The minimum absolute atomic E-state index is 0.0160. The SMILES string of the molecule is CC[C@H](C)C[C@@H]1NC(=O)[C@H](Cc2ccccc2)NC(=O)[C@H](Cc2ccc(O)cc2)NC(=O)CCSSC[C@@H](C(=O)N2CCC[C@H]2C(=O)N[C@@H](CCCN=C(N)N)C(=O)NCC(=O)NCC(N)=O)NC(=O)[C@H](CC(N)=O)NC1=O. The fourth-order valence-electron chi connectivity index (χ4n) is 8.27. The maximum absolute atomic E-state index is 14.7. The number of aliphatic imine (C=N–C) groups is 1. The quantitative estimate of drug-likeness (QED) is 0.0256. The third kappa shape index (κ3) is 21.8. The highest BCUT2D eigenvalue weighted by atomic mass is 33.1. The van der Waals surface area contributed by atoms with Gasteiger partial charge in [-0.25, -0.2) is 0 Å². The van der Waals surface area contributed by atoms with Crippen LogP contribution < -0.4 is 65.5 Å². The number of primary amides is 2. The maximum Gasteiger partial charge on any atom is 0.246 e. The fourth-order valence-corrected chi connectivity index (χ4v) is 10.4. The van der Waals surface area contributed by atoms with Crippen molar-refractivity contribution in [3.05, 3.63) is 65.7 Å². The standard InChI is InChI=1S/C50H72N14O12S2/c1-3-28(2)21-33-44(71)62-36(24-39(51)66)47(74)63-37(49(76)64-19-8-12-38(64)48(75)59-32(11-7-18-55-50(53)54)43(70)57-26-42(69)56-25-40(52)67)27-78-77-20-17-41(68)58-34(23-30-13-15-31(65)16-14-30)45(72)61-35(46(73)60-33)22-29-9-5-4-6-10-29/h4-6,9-10,13-16,28,32-38,65H,3,7-8,11-12,17-27H2,1-2H3,(H2,51,66)(H2,52,67)(H,56,69)(H,57,70)(H,58,68)(H,59,75)(H,60,73)(H,61,72)(H,62,71)(H,63,74)(H4,53,54,55)/t28-,32-,33-,34-,35-,36-,37-,38-/m0/s1. The van der Waals surface area contributed by atoms with Gasteiger partial charge < -0.3 is 75.5 Å². The molecule has 26 nitrogen and oxygen atoms in total. The van der Waals surface area contributed by atoms with Gasteiger partial charge in [0, 0.05) is 43.9 Å². The highest BCUT2D eigenvalue weighted by molar-refractivity contribution is 8.76. The number of hydrogen-bond donors (Lipinski definition) is 13. The van der Waals surface area contributed by atoms with Crippen LogP contribution in [0, 0.1) is 5.92 Å². The summed E-state index contributed by atoms with van der Waals surface area (Å²) in [6.07, 6.45) is 0.304. The number of phenols is 1. The van der Waals surface area contributed by atoms with Crippen molar-refractivity contribution < 1.29 is 57.8 Å². The number of amides is 11. The molecule has 2 aromatic rings. The summed E-state index contributed by atoms with van der Waals surface area (Å²) < 4.78 is 0. The van der Waals surface area contributed by atoms with Crippen LogP contribution in [0.5, 0.6) is 5.75 Å². The highest BCUT2D eigenvalue weighted by Crippen LogP contribution is 2.26. The van der Waals surface area contributed by atoms with Gasteiger partial charge in [0.15, 0.2) is 5.96 Å². The average Bonchev–Trinajstić information content (AvgIpc) is 3.91. The van der Waals surface area contributed by atoms with Gasteiger partial charge in [0.25, 0.3) is 0 Å². The zero-order valence-corrected chi connectivity index (χ0v) is 45.2. The summed E-state index contributed by atoms with van der Waals surface area (Å²) in [5.74, 6) is -9.18. The Labute approximate surface area is 459 Å². The Morgan fingerprint density at radius 3 is 2.01 bits per heavy atom. The molecular weight excluding hydrogens is 1050 g/mol. The molecule has 0 saturated carbocycles. The largest absolute Gasteiger partial charge is 0.508 e. The number of phenolic OH excluding ortho intramolecular Hbond substituents is 1. The first-order chi connectivity index (χ1) is 37.1. The van der Waals surface area contributed by atoms with E-state index >= 15 is 0 Å². The van der Waals surface area contributed by atoms with Crippen LogP contribution >= 0.6 is 21.6 Å². The molecule has 2 aliphatic rings. The van der Waals surface area contributed by atoms with Gasteiger partial charge in [0.1, 0.15) is 48.0 Å². The van der Waals surface area contributed by atoms with E-state index in [0.29, 0.717) is 24.0 Å². The molecule has 426 valence electrons. The predicted molar refractivity (Wildman–Crippen MR) is 291 cm³/mol. The highest BCUT2D eigenvalue weighted by Gasteiger charge is 2.40. The minimum atomic E-state index is -1.68. The number of nitrogens with zero attached hydrogens (tertiary/aromatic N) is 2. The van der Waals surface area contributed by atoms with E-state index in [-0.39, 0.29) is 87.2 Å². The Morgan fingerprint density at radius 2 is 1.37 bits per heavy atom. The molecule has 0 aliphatic carbocycles. The van der Waals surface area contributed by atoms with Gasteiger partial charge >= 0.3 is 0 Å². The number of aromatic hydroxyl groups is 1. The van der Waals surface area contributed by atoms with E-state index in [1.165, 1.54) is 17.0 Å². The Kier molecular flexibility index (Phi) is 26.0. The lowest BCUT2D eigenvalue weighted by molar-refractivity contribution is -0.142. The summed E-state index contributed by atoms with van der Waals surface area (Å²) in [5.41, 5.74) is 22.8. The van der Waals surface area contributed by atoms with Crippen LogP contribution in [0.15, 0.2) is 59.6 Å². The van der Waals surface area contributed by atoms with Crippen molar-refractivity contribution in [2.75, 3.05) is 37.7 Å². The normalized spacial score (nSPS) is 21.6. The average molecular weight is 1130 g/mol. The van der Waals surface area contributed by atoms with Crippen molar-refractivity contribution in [1.29, 1.82) is 0 Å². The van der Waals surface area contributed by atoms with Crippen LogP contribution in [0.2, 0.25) is 0 Å². The third-order valence-electron chi connectivity index (χ3n) is 12.6. The Morgan fingerprint density at radius 1 is 0.756 bits per heavy atom. The van der Waals surface area contributed by atoms with Crippen molar-refractivity contribution in [2.24, 2.45) is 33.8 Å². The van der Waals surface area contributed by atoms with E-state index in [1.54, 1.807) is 42.5 Å². The molecule has 78 heavy (non-hydrogen) atoms. The molecule has 17 N–H and O–H groups in total. The number of carbonyl (C=O) groups is 11.